The van der Waals surface area contributed by atoms with E-state index in [1.165, 1.54) is 13.6 Å². The molecule has 8 nitrogen and oxygen atoms in total. The molecule has 1 radical (unpaired) electrons. The summed E-state index contributed by atoms with van der Waals surface area (Å²) < 4.78 is 10.3. The van der Waals surface area contributed by atoms with E-state index in [9.17, 15) is 14.4 Å². The maximum Gasteiger partial charge on any atom is 0.411 e. The van der Waals surface area contributed by atoms with E-state index in [2.05, 4.69) is 15.9 Å². The Morgan fingerprint density at radius 2 is 1.43 bits per heavy atom. The zero-order valence-corrected chi connectivity index (χ0v) is 16.4. The van der Waals surface area contributed by atoms with E-state index in [1.807, 2.05) is 60.7 Å². The molecule has 3 N–H and O–H groups in total. The topological polar surface area (TPSA) is 106 Å². The SMILES string of the molecule is O=C[B]NCC/C(=C/NC(=O)OCc1ccccc1)NC(=O)OCc1ccccc1. The van der Waals surface area contributed by atoms with Crippen LogP contribution >= 0.6 is 0 Å². The van der Waals surface area contributed by atoms with Crippen LogP contribution in [0, 0.1) is 0 Å². The van der Waals surface area contributed by atoms with Crippen molar-refractivity contribution >= 4 is 25.8 Å². The summed E-state index contributed by atoms with van der Waals surface area (Å²) in [5.74, 6) is 0. The number of hydrogen-bond donors (Lipinski definition) is 3. The highest BCUT2D eigenvalue weighted by Gasteiger charge is 2.08. The van der Waals surface area contributed by atoms with E-state index in [0.717, 1.165) is 11.1 Å². The molecule has 2 rings (SSSR count). The van der Waals surface area contributed by atoms with Gasteiger partial charge in [-0.1, -0.05) is 60.7 Å². The third-order valence-corrected chi connectivity index (χ3v) is 3.78. The van der Waals surface area contributed by atoms with Gasteiger partial charge in [0.1, 0.15) is 13.2 Å². The van der Waals surface area contributed by atoms with E-state index in [4.69, 9.17) is 9.47 Å². The molecule has 0 spiro atoms. The van der Waals surface area contributed by atoms with E-state index in [0.29, 0.717) is 24.8 Å². The lowest BCUT2D eigenvalue weighted by Gasteiger charge is -2.12. The van der Waals surface area contributed by atoms with Crippen LogP contribution in [0.1, 0.15) is 17.5 Å². The van der Waals surface area contributed by atoms with Crippen LogP contribution in [-0.4, -0.2) is 32.3 Å². The van der Waals surface area contributed by atoms with Crippen molar-refractivity contribution in [3.63, 3.8) is 0 Å². The van der Waals surface area contributed by atoms with Crippen LogP contribution in [0.25, 0.3) is 0 Å². The quantitative estimate of drug-likeness (QED) is 0.300. The van der Waals surface area contributed by atoms with Crippen molar-refractivity contribution in [2.24, 2.45) is 0 Å². The molecule has 30 heavy (non-hydrogen) atoms. The minimum atomic E-state index is -0.664. The summed E-state index contributed by atoms with van der Waals surface area (Å²) >= 11 is 0. The molecule has 2 aromatic carbocycles. The van der Waals surface area contributed by atoms with Gasteiger partial charge in [-0.15, -0.1) is 0 Å². The molecule has 0 heterocycles. The molecule has 0 saturated heterocycles. The van der Waals surface area contributed by atoms with E-state index in [1.54, 1.807) is 0 Å². The lowest BCUT2D eigenvalue weighted by Crippen LogP contribution is -2.30. The van der Waals surface area contributed by atoms with Crippen molar-refractivity contribution in [1.82, 2.24) is 15.9 Å². The molecule has 0 saturated carbocycles. The van der Waals surface area contributed by atoms with Crippen molar-refractivity contribution in [3.05, 3.63) is 83.7 Å². The number of nitrogens with one attached hydrogen (secondary N) is 3. The largest absolute Gasteiger partial charge is 0.444 e. The van der Waals surface area contributed by atoms with Crippen molar-refractivity contribution < 1.29 is 23.9 Å². The predicted octanol–water partition coefficient (Wildman–Crippen LogP) is 2.47. The highest BCUT2D eigenvalue weighted by molar-refractivity contribution is 6.64. The normalized spacial score (nSPS) is 10.6. The zero-order chi connectivity index (χ0) is 21.4. The van der Waals surface area contributed by atoms with Gasteiger partial charge in [0.15, 0.2) is 0 Å². The van der Waals surface area contributed by atoms with Gasteiger partial charge in [0.05, 0.1) is 6.19 Å². The van der Waals surface area contributed by atoms with Gasteiger partial charge in [-0.2, -0.15) is 0 Å². The summed E-state index contributed by atoms with van der Waals surface area (Å²) in [5.41, 5.74) is 2.09. The Morgan fingerprint density at radius 3 is 2.00 bits per heavy atom. The first kappa shape index (κ1) is 22.7. The third kappa shape index (κ3) is 9.56. The highest BCUT2D eigenvalue weighted by Crippen LogP contribution is 2.03. The minimum absolute atomic E-state index is 0.115. The number of carbonyl (C=O) groups is 3. The van der Waals surface area contributed by atoms with Gasteiger partial charge in [-0.05, 0) is 17.7 Å². The molecule has 2 amide bonds. The summed E-state index contributed by atoms with van der Waals surface area (Å²) in [6, 6.07) is 18.5. The first-order chi connectivity index (χ1) is 14.7. The molecule has 0 atom stereocenters. The second-order valence-corrected chi connectivity index (χ2v) is 6.07. The summed E-state index contributed by atoms with van der Waals surface area (Å²) in [6.45, 7) is 0.603. The van der Waals surface area contributed by atoms with E-state index in [-0.39, 0.29) is 13.2 Å². The average molecular weight is 408 g/mol. The van der Waals surface area contributed by atoms with Gasteiger partial charge in [-0.3, -0.25) is 10.6 Å². The molecule has 0 unspecified atom stereocenters. The molecule has 2 aromatic rings. The fourth-order valence-electron chi connectivity index (χ4n) is 2.31. The number of hydrogen-bond acceptors (Lipinski definition) is 6. The molecular formula is C21H23BN3O5. The summed E-state index contributed by atoms with van der Waals surface area (Å²) in [5, 5.41) is 7.81. The first-order valence-corrected chi connectivity index (χ1v) is 9.31. The Hall–Kier alpha value is -3.59. The third-order valence-electron chi connectivity index (χ3n) is 3.78. The van der Waals surface area contributed by atoms with Gasteiger partial charge in [0.25, 0.3) is 7.41 Å². The van der Waals surface area contributed by atoms with Crippen LogP contribution in [0.4, 0.5) is 9.59 Å². The smallest absolute Gasteiger partial charge is 0.411 e. The number of alkyl carbamates (subject to hydrolysis) is 2. The van der Waals surface area contributed by atoms with Gasteiger partial charge in [-0.25, -0.2) is 9.59 Å². The molecule has 9 heteroatoms. The van der Waals surface area contributed by atoms with Crippen LogP contribution < -0.4 is 15.9 Å². The molecule has 0 fully saturated rings. The standard InChI is InChI=1S/C21H23BN3O5/c26-16-22-24-12-11-19(25-21(28)30-15-18-9-5-2-6-10-18)13-23-20(27)29-14-17-7-3-1-4-8-17/h1-10,13,16,24H,11-12,14-15H2,(H,23,27)(H,25,28)/b19-13-. The Labute approximate surface area is 175 Å². The van der Waals surface area contributed by atoms with Crippen molar-refractivity contribution in [3.8, 4) is 0 Å². The summed E-state index contributed by atoms with van der Waals surface area (Å²) in [4.78, 5) is 34.3. The number of amides is 2. The molecule has 0 aliphatic rings. The van der Waals surface area contributed by atoms with Gasteiger partial charge in [0.2, 0.25) is 0 Å². The van der Waals surface area contributed by atoms with Crippen LogP contribution in [0.15, 0.2) is 72.6 Å². The lowest BCUT2D eigenvalue weighted by atomic mass is 9.99. The lowest BCUT2D eigenvalue weighted by molar-refractivity contribution is 0.140. The molecule has 155 valence electrons. The van der Waals surface area contributed by atoms with Gasteiger partial charge >= 0.3 is 12.2 Å². The molecule has 0 aromatic heterocycles. The maximum absolute atomic E-state index is 12.1. The Balaban J connectivity index is 1.84. The van der Waals surface area contributed by atoms with Gasteiger partial charge < -0.3 is 19.5 Å². The number of carbonyl (C=O) groups excluding carboxylic acids is 3. The van der Waals surface area contributed by atoms with Crippen molar-refractivity contribution in [2.75, 3.05) is 6.54 Å². The maximum atomic E-state index is 12.1. The molecule has 0 aliphatic heterocycles. The van der Waals surface area contributed by atoms with Crippen LogP contribution in [0.5, 0.6) is 0 Å². The fraction of sp³-hybridized carbons (Fsp3) is 0.190. The number of ether oxygens (including phenoxy) is 2. The zero-order valence-electron chi connectivity index (χ0n) is 16.4. The second-order valence-electron chi connectivity index (χ2n) is 6.07. The highest BCUT2D eigenvalue weighted by atomic mass is 16.6. The summed E-state index contributed by atoms with van der Waals surface area (Å²) in [7, 11) is 1.24. The van der Waals surface area contributed by atoms with E-state index >= 15 is 0 Å². The Bertz CT molecular complexity index is 831. The van der Waals surface area contributed by atoms with Crippen LogP contribution in [-0.2, 0) is 27.5 Å². The van der Waals surface area contributed by atoms with Gasteiger partial charge in [0, 0.05) is 18.3 Å². The first-order valence-electron chi connectivity index (χ1n) is 9.31. The van der Waals surface area contributed by atoms with Crippen LogP contribution in [0.2, 0.25) is 0 Å². The van der Waals surface area contributed by atoms with Crippen LogP contribution in [0.3, 0.4) is 0 Å². The molecule has 0 aliphatic carbocycles. The monoisotopic (exact) mass is 408 g/mol. The summed E-state index contributed by atoms with van der Waals surface area (Å²) in [6.07, 6.45) is 0.945. The molecular weight excluding hydrogens is 385 g/mol. The predicted molar refractivity (Wildman–Crippen MR) is 113 cm³/mol. The van der Waals surface area contributed by atoms with Crippen molar-refractivity contribution in [1.29, 1.82) is 0 Å². The minimum Gasteiger partial charge on any atom is -0.444 e. The Morgan fingerprint density at radius 1 is 0.867 bits per heavy atom. The number of rotatable bonds is 11. The number of benzene rings is 2. The molecule has 0 bridgehead atoms. The van der Waals surface area contributed by atoms with E-state index < -0.39 is 12.2 Å². The Kier molecular flexibility index (Phi) is 10.3. The van der Waals surface area contributed by atoms with Crippen molar-refractivity contribution in [2.45, 2.75) is 19.6 Å². The average Bonchev–Trinajstić information content (AvgIpc) is 2.78. The fourth-order valence-corrected chi connectivity index (χ4v) is 2.31. The second kappa shape index (κ2) is 13.6.